The predicted octanol–water partition coefficient (Wildman–Crippen LogP) is 2.54. The predicted molar refractivity (Wildman–Crippen MR) is 114 cm³/mol. The Morgan fingerprint density at radius 2 is 1.90 bits per heavy atom. The number of nitro groups is 1. The Balaban J connectivity index is 1.50. The first-order chi connectivity index (χ1) is 15.1. The number of anilines is 1. The van der Waals surface area contributed by atoms with Crippen LogP contribution in [-0.2, 0) is 0 Å². The second-order valence-corrected chi connectivity index (χ2v) is 7.13. The molecule has 1 fully saturated rings. The average molecular weight is 422 g/mol. The van der Waals surface area contributed by atoms with Gasteiger partial charge in [-0.05, 0) is 42.8 Å². The lowest BCUT2D eigenvalue weighted by Gasteiger charge is -2.24. The van der Waals surface area contributed by atoms with Crippen LogP contribution in [0.5, 0.6) is 5.75 Å². The first-order valence-corrected chi connectivity index (χ1v) is 9.88. The molecule has 0 aliphatic carbocycles. The van der Waals surface area contributed by atoms with Crippen LogP contribution in [0.2, 0.25) is 0 Å². The largest absolute Gasteiger partial charge is 0.497 e. The Morgan fingerprint density at radius 3 is 2.58 bits per heavy atom. The van der Waals surface area contributed by atoms with Gasteiger partial charge in [-0.2, -0.15) is 5.10 Å². The van der Waals surface area contributed by atoms with Gasteiger partial charge in [-0.3, -0.25) is 14.9 Å². The van der Waals surface area contributed by atoms with Crippen LogP contribution in [0.25, 0.3) is 5.69 Å². The highest BCUT2D eigenvalue weighted by molar-refractivity contribution is 5.95. The number of amides is 1. The molecule has 2 aromatic carbocycles. The van der Waals surface area contributed by atoms with Crippen LogP contribution in [0.3, 0.4) is 0 Å². The van der Waals surface area contributed by atoms with E-state index in [0.29, 0.717) is 19.6 Å². The van der Waals surface area contributed by atoms with Gasteiger partial charge in [0.25, 0.3) is 11.6 Å². The molecule has 0 unspecified atom stereocenters. The first-order valence-electron chi connectivity index (χ1n) is 9.88. The van der Waals surface area contributed by atoms with Crippen LogP contribution in [0, 0.1) is 10.1 Å². The second-order valence-electron chi connectivity index (χ2n) is 7.13. The van der Waals surface area contributed by atoms with Gasteiger partial charge in [0.2, 0.25) is 0 Å². The molecule has 0 saturated carbocycles. The van der Waals surface area contributed by atoms with Gasteiger partial charge in [0.05, 0.1) is 12.0 Å². The molecule has 0 N–H and O–H groups in total. The molecule has 4 rings (SSSR count). The van der Waals surface area contributed by atoms with Crippen LogP contribution >= 0.6 is 0 Å². The van der Waals surface area contributed by atoms with Gasteiger partial charge in [0, 0.05) is 43.5 Å². The second kappa shape index (κ2) is 8.82. The summed E-state index contributed by atoms with van der Waals surface area (Å²) in [4.78, 5) is 31.9. The van der Waals surface area contributed by atoms with E-state index in [0.717, 1.165) is 24.4 Å². The van der Waals surface area contributed by atoms with E-state index in [9.17, 15) is 14.9 Å². The molecule has 31 heavy (non-hydrogen) atoms. The summed E-state index contributed by atoms with van der Waals surface area (Å²) in [7, 11) is 1.63. The van der Waals surface area contributed by atoms with Crippen molar-refractivity contribution in [2.24, 2.45) is 0 Å². The minimum absolute atomic E-state index is 0.189. The highest BCUT2D eigenvalue weighted by atomic mass is 16.6. The third-order valence-corrected chi connectivity index (χ3v) is 5.31. The summed E-state index contributed by atoms with van der Waals surface area (Å²) in [6, 6.07) is 12.3. The fourth-order valence-electron chi connectivity index (χ4n) is 3.68. The van der Waals surface area contributed by atoms with E-state index in [1.807, 2.05) is 24.3 Å². The van der Waals surface area contributed by atoms with Gasteiger partial charge in [-0.25, -0.2) is 9.67 Å². The van der Waals surface area contributed by atoms with Crippen molar-refractivity contribution in [1.29, 1.82) is 0 Å². The molecule has 1 aromatic heterocycles. The number of hydrogen-bond donors (Lipinski definition) is 0. The van der Waals surface area contributed by atoms with E-state index in [-0.39, 0.29) is 22.8 Å². The maximum atomic E-state index is 13.1. The van der Waals surface area contributed by atoms with Crippen molar-refractivity contribution in [2.75, 3.05) is 38.2 Å². The van der Waals surface area contributed by atoms with Crippen molar-refractivity contribution in [3.63, 3.8) is 0 Å². The maximum absolute atomic E-state index is 13.1. The summed E-state index contributed by atoms with van der Waals surface area (Å²) in [5, 5.41) is 15.5. The lowest BCUT2D eigenvalue weighted by Crippen LogP contribution is -2.35. The Kier molecular flexibility index (Phi) is 5.78. The standard InChI is InChI=1S/C21H22N6O4/c1-31-18-6-4-17(5-7-18)24-9-2-10-25(12-11-24)21(28)16-3-8-19(20(13-16)27(29)30)26-15-22-14-23-26/h3-8,13-15H,2,9-12H2,1H3. The summed E-state index contributed by atoms with van der Waals surface area (Å²) < 4.78 is 6.52. The quantitative estimate of drug-likeness (QED) is 0.459. The molecule has 0 bridgehead atoms. The van der Waals surface area contributed by atoms with E-state index in [4.69, 9.17) is 4.74 Å². The molecule has 2 heterocycles. The van der Waals surface area contributed by atoms with Gasteiger partial charge in [-0.15, -0.1) is 0 Å². The van der Waals surface area contributed by atoms with E-state index in [2.05, 4.69) is 15.0 Å². The number of hydrogen-bond acceptors (Lipinski definition) is 7. The minimum atomic E-state index is -0.512. The zero-order valence-corrected chi connectivity index (χ0v) is 17.0. The van der Waals surface area contributed by atoms with Crippen molar-refractivity contribution in [2.45, 2.75) is 6.42 Å². The van der Waals surface area contributed by atoms with Gasteiger partial charge in [0.15, 0.2) is 0 Å². The van der Waals surface area contributed by atoms with E-state index in [1.54, 1.807) is 18.1 Å². The van der Waals surface area contributed by atoms with Gasteiger partial charge < -0.3 is 14.5 Å². The average Bonchev–Trinajstić information content (AvgIpc) is 3.22. The maximum Gasteiger partial charge on any atom is 0.295 e. The Labute approximate surface area is 178 Å². The molecule has 0 radical (unpaired) electrons. The lowest BCUT2D eigenvalue weighted by atomic mass is 10.1. The number of carbonyl (C=O) groups excluding carboxylic acids is 1. The number of aromatic nitrogens is 3. The zero-order valence-electron chi connectivity index (χ0n) is 17.0. The van der Waals surface area contributed by atoms with Crippen molar-refractivity contribution in [3.8, 4) is 11.4 Å². The number of carbonyl (C=O) groups is 1. The molecule has 0 atom stereocenters. The monoisotopic (exact) mass is 422 g/mol. The molecule has 0 spiro atoms. The number of ether oxygens (including phenoxy) is 1. The molecule has 10 nitrogen and oxygen atoms in total. The highest BCUT2D eigenvalue weighted by Crippen LogP contribution is 2.25. The van der Waals surface area contributed by atoms with Crippen molar-refractivity contribution in [1.82, 2.24) is 19.7 Å². The Hall–Kier alpha value is -3.95. The fourth-order valence-corrected chi connectivity index (χ4v) is 3.68. The summed E-state index contributed by atoms with van der Waals surface area (Å²) in [5.74, 6) is 0.580. The summed E-state index contributed by atoms with van der Waals surface area (Å²) in [6.07, 6.45) is 3.48. The third kappa shape index (κ3) is 4.32. The summed E-state index contributed by atoms with van der Waals surface area (Å²) in [5.41, 5.74) is 1.43. The minimum Gasteiger partial charge on any atom is -0.497 e. The summed E-state index contributed by atoms with van der Waals surface area (Å²) in [6.45, 7) is 2.62. The molecule has 1 saturated heterocycles. The van der Waals surface area contributed by atoms with Crippen LogP contribution in [0.15, 0.2) is 55.1 Å². The molecular formula is C21H22N6O4. The Morgan fingerprint density at radius 1 is 1.10 bits per heavy atom. The molecule has 1 amide bonds. The van der Waals surface area contributed by atoms with Crippen LogP contribution in [0.1, 0.15) is 16.8 Å². The normalized spacial score (nSPS) is 14.2. The van der Waals surface area contributed by atoms with E-state index < -0.39 is 4.92 Å². The van der Waals surface area contributed by atoms with Crippen LogP contribution < -0.4 is 9.64 Å². The fraction of sp³-hybridized carbons (Fsp3) is 0.286. The van der Waals surface area contributed by atoms with E-state index >= 15 is 0 Å². The van der Waals surface area contributed by atoms with Crippen molar-refractivity contribution in [3.05, 3.63) is 70.8 Å². The molecule has 1 aliphatic heterocycles. The van der Waals surface area contributed by atoms with Crippen LogP contribution in [-0.4, -0.2) is 63.8 Å². The van der Waals surface area contributed by atoms with Crippen molar-refractivity contribution < 1.29 is 14.5 Å². The third-order valence-electron chi connectivity index (χ3n) is 5.31. The van der Waals surface area contributed by atoms with Crippen molar-refractivity contribution >= 4 is 17.3 Å². The molecule has 10 heteroatoms. The molecule has 1 aliphatic rings. The number of nitro benzene ring substituents is 1. The number of benzene rings is 2. The summed E-state index contributed by atoms with van der Waals surface area (Å²) >= 11 is 0. The number of rotatable bonds is 5. The van der Waals surface area contributed by atoms with E-state index in [1.165, 1.54) is 29.5 Å². The topological polar surface area (TPSA) is 107 Å². The highest BCUT2D eigenvalue weighted by Gasteiger charge is 2.24. The number of methoxy groups -OCH3 is 1. The lowest BCUT2D eigenvalue weighted by molar-refractivity contribution is -0.384. The van der Waals surface area contributed by atoms with Gasteiger partial charge in [-0.1, -0.05) is 0 Å². The zero-order chi connectivity index (χ0) is 21.8. The molecule has 3 aromatic rings. The molecule has 160 valence electrons. The smallest absolute Gasteiger partial charge is 0.295 e. The number of nitrogens with zero attached hydrogens (tertiary/aromatic N) is 6. The molecular weight excluding hydrogens is 400 g/mol. The Bertz CT molecular complexity index is 1070. The van der Waals surface area contributed by atoms with Gasteiger partial charge in [0.1, 0.15) is 24.1 Å². The van der Waals surface area contributed by atoms with Gasteiger partial charge >= 0.3 is 0 Å². The first kappa shape index (κ1) is 20.3. The SMILES string of the molecule is COc1ccc(N2CCCN(C(=O)c3ccc(-n4cncn4)c([N+](=O)[O-])c3)CC2)cc1. The van der Waals surface area contributed by atoms with Crippen LogP contribution in [0.4, 0.5) is 11.4 Å².